The molecule has 0 spiro atoms. The smallest absolute Gasteiger partial charge is 0.305 e. The molecule has 1 heterocycles. The molecule has 0 saturated heterocycles. The standard InChI is InChI=1S/C23H27NO7/c1-5-30-23(26)7-6-12-31-21-13-16(24-15-22(21)29-4)8-11-19(25)18-10-9-17(27-2)14-20(18)28-3/h8-11,13-15H,5-7,12H2,1-4H3. The minimum atomic E-state index is -0.260. The van der Waals surface area contributed by atoms with E-state index in [2.05, 4.69) is 4.98 Å². The van der Waals surface area contributed by atoms with Crippen LogP contribution in [0, 0.1) is 0 Å². The molecule has 166 valence electrons. The lowest BCUT2D eigenvalue weighted by Gasteiger charge is -2.11. The fourth-order valence-corrected chi connectivity index (χ4v) is 2.68. The van der Waals surface area contributed by atoms with E-state index < -0.39 is 0 Å². The van der Waals surface area contributed by atoms with Gasteiger partial charge in [-0.2, -0.15) is 0 Å². The molecular formula is C23H27NO7. The van der Waals surface area contributed by atoms with Crippen LogP contribution in [-0.2, 0) is 9.53 Å². The molecule has 0 saturated carbocycles. The molecule has 1 aromatic carbocycles. The number of hydrogen-bond donors (Lipinski definition) is 0. The summed E-state index contributed by atoms with van der Waals surface area (Å²) in [6.07, 6.45) is 5.27. The predicted octanol–water partition coefficient (Wildman–Crippen LogP) is 3.73. The van der Waals surface area contributed by atoms with Crippen molar-refractivity contribution in [3.8, 4) is 23.0 Å². The number of nitrogens with zero attached hydrogens (tertiary/aromatic N) is 1. The molecule has 0 bridgehead atoms. The van der Waals surface area contributed by atoms with Crippen molar-refractivity contribution in [1.82, 2.24) is 4.98 Å². The van der Waals surface area contributed by atoms with E-state index in [4.69, 9.17) is 23.7 Å². The predicted molar refractivity (Wildman–Crippen MR) is 115 cm³/mol. The summed E-state index contributed by atoms with van der Waals surface area (Å²) < 4.78 is 26.3. The van der Waals surface area contributed by atoms with Crippen molar-refractivity contribution in [3.63, 3.8) is 0 Å². The van der Waals surface area contributed by atoms with Gasteiger partial charge in [0.1, 0.15) is 11.5 Å². The summed E-state index contributed by atoms with van der Waals surface area (Å²) in [5.41, 5.74) is 0.922. The number of hydrogen-bond acceptors (Lipinski definition) is 8. The SMILES string of the molecule is CCOC(=O)CCCOc1cc(C=CC(=O)c2ccc(OC)cc2OC)ncc1OC. The summed E-state index contributed by atoms with van der Waals surface area (Å²) in [6, 6.07) is 6.65. The molecule has 0 aliphatic carbocycles. The normalized spacial score (nSPS) is 10.6. The second-order valence-corrected chi connectivity index (χ2v) is 6.28. The number of benzene rings is 1. The van der Waals surface area contributed by atoms with Crippen LogP contribution < -0.4 is 18.9 Å². The number of aromatic nitrogens is 1. The summed E-state index contributed by atoms with van der Waals surface area (Å²) in [4.78, 5) is 28.3. The van der Waals surface area contributed by atoms with Crippen LogP contribution in [0.2, 0.25) is 0 Å². The van der Waals surface area contributed by atoms with Crippen molar-refractivity contribution in [1.29, 1.82) is 0 Å². The lowest BCUT2D eigenvalue weighted by molar-refractivity contribution is -0.143. The fraction of sp³-hybridized carbons (Fsp3) is 0.348. The Hall–Kier alpha value is -3.55. The zero-order valence-corrected chi connectivity index (χ0v) is 18.2. The third-order valence-electron chi connectivity index (χ3n) is 4.24. The third-order valence-corrected chi connectivity index (χ3v) is 4.24. The largest absolute Gasteiger partial charge is 0.497 e. The van der Waals surface area contributed by atoms with E-state index in [1.807, 2.05) is 0 Å². The highest BCUT2D eigenvalue weighted by Gasteiger charge is 2.12. The van der Waals surface area contributed by atoms with Crippen molar-refractivity contribution < 1.29 is 33.3 Å². The van der Waals surface area contributed by atoms with Crippen LogP contribution in [0.1, 0.15) is 35.8 Å². The van der Waals surface area contributed by atoms with Gasteiger partial charge in [-0.05, 0) is 37.6 Å². The Morgan fingerprint density at radius 3 is 2.45 bits per heavy atom. The number of methoxy groups -OCH3 is 3. The molecule has 8 heteroatoms. The molecule has 1 aromatic heterocycles. The van der Waals surface area contributed by atoms with Gasteiger partial charge in [0.25, 0.3) is 0 Å². The lowest BCUT2D eigenvalue weighted by Crippen LogP contribution is -2.07. The summed E-state index contributed by atoms with van der Waals surface area (Å²) >= 11 is 0. The van der Waals surface area contributed by atoms with Crippen LogP contribution >= 0.6 is 0 Å². The first-order valence-corrected chi connectivity index (χ1v) is 9.79. The second kappa shape index (κ2) is 12.2. The number of carbonyl (C=O) groups is 2. The molecule has 0 unspecified atom stereocenters. The Morgan fingerprint density at radius 2 is 1.77 bits per heavy atom. The zero-order chi connectivity index (χ0) is 22.6. The first-order valence-electron chi connectivity index (χ1n) is 9.79. The number of carbonyl (C=O) groups excluding carboxylic acids is 2. The third kappa shape index (κ3) is 7.02. The Labute approximate surface area is 181 Å². The molecule has 8 nitrogen and oxygen atoms in total. The van der Waals surface area contributed by atoms with Crippen LogP contribution in [0.3, 0.4) is 0 Å². The average molecular weight is 429 g/mol. The maximum Gasteiger partial charge on any atom is 0.305 e. The van der Waals surface area contributed by atoms with E-state index >= 15 is 0 Å². The Bertz CT molecular complexity index is 924. The number of esters is 1. The van der Waals surface area contributed by atoms with Gasteiger partial charge < -0.3 is 23.7 Å². The summed E-state index contributed by atoms with van der Waals surface area (Å²) in [5, 5.41) is 0. The molecule has 0 amide bonds. The van der Waals surface area contributed by atoms with Crippen molar-refractivity contribution >= 4 is 17.8 Å². The van der Waals surface area contributed by atoms with Crippen molar-refractivity contribution in [3.05, 3.63) is 47.8 Å². The lowest BCUT2D eigenvalue weighted by atomic mass is 10.1. The fourth-order valence-electron chi connectivity index (χ4n) is 2.68. The number of allylic oxidation sites excluding steroid dienone is 1. The maximum absolute atomic E-state index is 12.6. The van der Waals surface area contributed by atoms with E-state index in [1.165, 1.54) is 26.5 Å². The van der Waals surface area contributed by atoms with Crippen LogP contribution in [0.25, 0.3) is 6.08 Å². The van der Waals surface area contributed by atoms with Gasteiger partial charge in [0.2, 0.25) is 0 Å². The molecule has 0 radical (unpaired) electrons. The minimum Gasteiger partial charge on any atom is -0.497 e. The van der Waals surface area contributed by atoms with Crippen molar-refractivity contribution in [2.45, 2.75) is 19.8 Å². The van der Waals surface area contributed by atoms with Gasteiger partial charge in [-0.25, -0.2) is 0 Å². The van der Waals surface area contributed by atoms with Gasteiger partial charge in [0, 0.05) is 18.6 Å². The summed E-state index contributed by atoms with van der Waals surface area (Å²) in [6.45, 7) is 2.43. The highest BCUT2D eigenvalue weighted by Crippen LogP contribution is 2.28. The van der Waals surface area contributed by atoms with E-state index in [1.54, 1.807) is 44.4 Å². The van der Waals surface area contributed by atoms with E-state index in [-0.39, 0.29) is 18.2 Å². The van der Waals surface area contributed by atoms with Gasteiger partial charge in [0.05, 0.1) is 52.0 Å². The van der Waals surface area contributed by atoms with Gasteiger partial charge in [-0.3, -0.25) is 14.6 Å². The van der Waals surface area contributed by atoms with E-state index in [0.29, 0.717) is 53.9 Å². The molecule has 0 atom stereocenters. The highest BCUT2D eigenvalue weighted by molar-refractivity contribution is 6.08. The number of ketones is 1. The topological polar surface area (TPSA) is 93.2 Å². The molecule has 2 rings (SSSR count). The van der Waals surface area contributed by atoms with Crippen LogP contribution in [0.15, 0.2) is 36.5 Å². The molecule has 0 fully saturated rings. The number of pyridine rings is 1. The molecular weight excluding hydrogens is 402 g/mol. The van der Waals surface area contributed by atoms with Crippen molar-refractivity contribution in [2.24, 2.45) is 0 Å². The molecule has 0 N–H and O–H groups in total. The van der Waals surface area contributed by atoms with E-state index in [0.717, 1.165) is 0 Å². The average Bonchev–Trinajstić information content (AvgIpc) is 2.80. The Kier molecular flexibility index (Phi) is 9.35. The van der Waals surface area contributed by atoms with Gasteiger partial charge in [0.15, 0.2) is 17.3 Å². The molecule has 0 aliphatic heterocycles. The highest BCUT2D eigenvalue weighted by atomic mass is 16.5. The Morgan fingerprint density at radius 1 is 1.00 bits per heavy atom. The molecule has 31 heavy (non-hydrogen) atoms. The minimum absolute atomic E-state index is 0.242. The number of rotatable bonds is 12. The van der Waals surface area contributed by atoms with Crippen LogP contribution in [0.4, 0.5) is 0 Å². The summed E-state index contributed by atoms with van der Waals surface area (Å²) in [7, 11) is 4.55. The first kappa shape index (κ1) is 23.7. The van der Waals surface area contributed by atoms with Gasteiger partial charge in [-0.1, -0.05) is 0 Å². The van der Waals surface area contributed by atoms with Crippen LogP contribution in [-0.4, -0.2) is 51.3 Å². The summed E-state index contributed by atoms with van der Waals surface area (Å²) in [5.74, 6) is 1.44. The van der Waals surface area contributed by atoms with E-state index in [9.17, 15) is 9.59 Å². The Balaban J connectivity index is 2.07. The van der Waals surface area contributed by atoms with Gasteiger partial charge in [-0.15, -0.1) is 0 Å². The quantitative estimate of drug-likeness (QED) is 0.218. The second-order valence-electron chi connectivity index (χ2n) is 6.28. The van der Waals surface area contributed by atoms with Gasteiger partial charge >= 0.3 is 5.97 Å². The maximum atomic E-state index is 12.6. The van der Waals surface area contributed by atoms with Crippen LogP contribution in [0.5, 0.6) is 23.0 Å². The van der Waals surface area contributed by atoms with Crippen molar-refractivity contribution in [2.75, 3.05) is 34.5 Å². The molecule has 2 aromatic rings. The number of ether oxygens (including phenoxy) is 5. The first-order chi connectivity index (χ1) is 15.0. The monoisotopic (exact) mass is 429 g/mol. The zero-order valence-electron chi connectivity index (χ0n) is 18.2. The molecule has 0 aliphatic rings.